The van der Waals surface area contributed by atoms with Gasteiger partial charge in [-0.3, -0.25) is 0 Å². The summed E-state index contributed by atoms with van der Waals surface area (Å²) in [6.07, 6.45) is 7.82. The number of allylic oxidation sites excluding steroid dienone is 1. The normalized spacial score (nSPS) is 9.42. The van der Waals surface area contributed by atoms with Crippen LogP contribution < -0.4 is 0 Å². The molecule has 0 heterocycles. The maximum absolute atomic E-state index is 5.26. The molecule has 0 saturated carbocycles. The number of ether oxygens (including phenoxy) is 1. The highest BCUT2D eigenvalue weighted by molar-refractivity contribution is 4.83. The molecule has 0 spiro atoms. The standard InChI is InChI=1S/C11H20O/c1-4-6-7-8-9-11(3)12-10-5-2/h5H,2-4,6-10H2,1H3. The molecule has 0 aromatic carbocycles. The molecule has 0 radical (unpaired) electrons. The lowest BCUT2D eigenvalue weighted by Gasteiger charge is -2.05. The first kappa shape index (κ1) is 11.3. The van der Waals surface area contributed by atoms with Gasteiger partial charge in [-0.05, 0) is 6.42 Å². The van der Waals surface area contributed by atoms with E-state index in [9.17, 15) is 0 Å². The summed E-state index contributed by atoms with van der Waals surface area (Å²) < 4.78 is 5.26. The summed E-state index contributed by atoms with van der Waals surface area (Å²) >= 11 is 0. The van der Waals surface area contributed by atoms with Crippen LogP contribution in [0.5, 0.6) is 0 Å². The van der Waals surface area contributed by atoms with Gasteiger partial charge in [0.1, 0.15) is 6.61 Å². The zero-order valence-electron chi connectivity index (χ0n) is 8.14. The Morgan fingerprint density at radius 1 is 1.33 bits per heavy atom. The van der Waals surface area contributed by atoms with Crippen molar-refractivity contribution in [3.63, 3.8) is 0 Å². The molecule has 0 rings (SSSR count). The van der Waals surface area contributed by atoms with Crippen molar-refractivity contribution in [2.24, 2.45) is 0 Å². The van der Waals surface area contributed by atoms with Gasteiger partial charge in [-0.25, -0.2) is 0 Å². The molecule has 0 amide bonds. The molecular formula is C11H20O. The molecule has 0 atom stereocenters. The van der Waals surface area contributed by atoms with Gasteiger partial charge in [0, 0.05) is 6.42 Å². The molecule has 0 aromatic heterocycles. The number of unbranched alkanes of at least 4 members (excludes halogenated alkanes) is 3. The van der Waals surface area contributed by atoms with Crippen LogP contribution in [-0.4, -0.2) is 6.61 Å². The molecule has 0 aliphatic carbocycles. The summed E-state index contributed by atoms with van der Waals surface area (Å²) in [6, 6.07) is 0. The predicted molar refractivity (Wildman–Crippen MR) is 54.0 cm³/mol. The van der Waals surface area contributed by atoms with Gasteiger partial charge in [-0.2, -0.15) is 0 Å². The van der Waals surface area contributed by atoms with Crippen molar-refractivity contribution in [3.05, 3.63) is 25.0 Å². The van der Waals surface area contributed by atoms with Crippen LogP contribution in [0.15, 0.2) is 25.0 Å². The van der Waals surface area contributed by atoms with Crippen molar-refractivity contribution < 1.29 is 4.74 Å². The van der Waals surface area contributed by atoms with Crippen molar-refractivity contribution in [3.8, 4) is 0 Å². The van der Waals surface area contributed by atoms with Crippen molar-refractivity contribution >= 4 is 0 Å². The minimum atomic E-state index is 0.590. The van der Waals surface area contributed by atoms with Gasteiger partial charge < -0.3 is 4.74 Å². The maximum Gasteiger partial charge on any atom is 0.106 e. The summed E-state index contributed by atoms with van der Waals surface area (Å²) in [5.41, 5.74) is 0. The van der Waals surface area contributed by atoms with Crippen molar-refractivity contribution in [1.29, 1.82) is 0 Å². The summed E-state index contributed by atoms with van der Waals surface area (Å²) in [4.78, 5) is 0. The second-order valence-electron chi connectivity index (χ2n) is 2.95. The van der Waals surface area contributed by atoms with Crippen LogP contribution in [0.3, 0.4) is 0 Å². The van der Waals surface area contributed by atoms with Gasteiger partial charge in [0.05, 0.1) is 5.76 Å². The Morgan fingerprint density at radius 3 is 2.67 bits per heavy atom. The van der Waals surface area contributed by atoms with Crippen molar-refractivity contribution in [1.82, 2.24) is 0 Å². The molecule has 0 aliphatic rings. The van der Waals surface area contributed by atoms with E-state index in [1.165, 1.54) is 25.7 Å². The van der Waals surface area contributed by atoms with Gasteiger partial charge in [0.15, 0.2) is 0 Å². The van der Waals surface area contributed by atoms with Crippen molar-refractivity contribution in [2.75, 3.05) is 6.61 Å². The SMILES string of the molecule is C=CCOC(=C)CCCCCC. The molecule has 0 unspecified atom stereocenters. The second kappa shape index (κ2) is 8.38. The lowest BCUT2D eigenvalue weighted by molar-refractivity contribution is 0.235. The first-order valence-corrected chi connectivity index (χ1v) is 4.72. The van der Waals surface area contributed by atoms with E-state index in [-0.39, 0.29) is 0 Å². The quantitative estimate of drug-likeness (QED) is 0.305. The maximum atomic E-state index is 5.26. The molecule has 12 heavy (non-hydrogen) atoms. The van der Waals surface area contributed by atoms with Crippen LogP contribution in [0.2, 0.25) is 0 Å². The Kier molecular flexibility index (Phi) is 7.87. The molecule has 1 heteroatoms. The fourth-order valence-corrected chi connectivity index (χ4v) is 0.998. The first-order chi connectivity index (χ1) is 5.81. The van der Waals surface area contributed by atoms with Crippen LogP contribution in [0.25, 0.3) is 0 Å². The third kappa shape index (κ3) is 7.39. The number of rotatable bonds is 8. The second-order valence-corrected chi connectivity index (χ2v) is 2.95. The van der Waals surface area contributed by atoms with E-state index in [4.69, 9.17) is 4.74 Å². The van der Waals surface area contributed by atoms with E-state index in [1.54, 1.807) is 6.08 Å². The predicted octanol–water partition coefficient (Wildman–Crippen LogP) is 3.67. The Hall–Kier alpha value is -0.720. The minimum absolute atomic E-state index is 0.590. The van der Waals surface area contributed by atoms with E-state index in [2.05, 4.69) is 20.1 Å². The zero-order valence-corrected chi connectivity index (χ0v) is 8.14. The Balaban J connectivity index is 3.13. The average molecular weight is 168 g/mol. The molecular weight excluding hydrogens is 148 g/mol. The zero-order chi connectivity index (χ0) is 9.23. The fraction of sp³-hybridized carbons (Fsp3) is 0.636. The highest BCUT2D eigenvalue weighted by Gasteiger charge is 1.93. The Labute approximate surface area is 76.1 Å². The third-order valence-electron chi connectivity index (χ3n) is 1.71. The van der Waals surface area contributed by atoms with Crippen LogP contribution >= 0.6 is 0 Å². The molecule has 70 valence electrons. The highest BCUT2D eigenvalue weighted by atomic mass is 16.5. The lowest BCUT2D eigenvalue weighted by atomic mass is 10.1. The minimum Gasteiger partial charge on any atom is -0.495 e. The van der Waals surface area contributed by atoms with E-state index < -0.39 is 0 Å². The summed E-state index contributed by atoms with van der Waals surface area (Å²) in [6.45, 7) is 10.2. The number of hydrogen-bond donors (Lipinski definition) is 0. The van der Waals surface area contributed by atoms with Gasteiger partial charge in [-0.1, -0.05) is 45.4 Å². The van der Waals surface area contributed by atoms with Crippen molar-refractivity contribution in [2.45, 2.75) is 39.0 Å². The molecule has 0 aliphatic heterocycles. The van der Waals surface area contributed by atoms with E-state index in [0.717, 1.165) is 12.2 Å². The summed E-state index contributed by atoms with van der Waals surface area (Å²) in [5, 5.41) is 0. The molecule has 0 fully saturated rings. The molecule has 0 aromatic rings. The average Bonchev–Trinajstić information content (AvgIpc) is 2.09. The molecule has 1 nitrogen and oxygen atoms in total. The van der Waals surface area contributed by atoms with Gasteiger partial charge in [0.25, 0.3) is 0 Å². The monoisotopic (exact) mass is 168 g/mol. The summed E-state index contributed by atoms with van der Waals surface area (Å²) in [5.74, 6) is 0.894. The lowest BCUT2D eigenvalue weighted by Crippen LogP contribution is -1.90. The van der Waals surface area contributed by atoms with E-state index >= 15 is 0 Å². The van der Waals surface area contributed by atoms with Crippen LogP contribution in [0, 0.1) is 0 Å². The Bertz CT molecular complexity index is 127. The van der Waals surface area contributed by atoms with Crippen LogP contribution in [-0.2, 0) is 4.74 Å². The van der Waals surface area contributed by atoms with Gasteiger partial charge in [0.2, 0.25) is 0 Å². The van der Waals surface area contributed by atoms with E-state index in [1.807, 2.05) is 0 Å². The van der Waals surface area contributed by atoms with Gasteiger partial charge >= 0.3 is 0 Å². The Morgan fingerprint density at radius 2 is 2.08 bits per heavy atom. The highest BCUT2D eigenvalue weighted by Crippen LogP contribution is 2.09. The summed E-state index contributed by atoms with van der Waals surface area (Å²) in [7, 11) is 0. The molecule has 0 N–H and O–H groups in total. The van der Waals surface area contributed by atoms with Crippen LogP contribution in [0.1, 0.15) is 39.0 Å². The third-order valence-corrected chi connectivity index (χ3v) is 1.71. The first-order valence-electron chi connectivity index (χ1n) is 4.72. The topological polar surface area (TPSA) is 9.23 Å². The molecule has 0 saturated heterocycles. The smallest absolute Gasteiger partial charge is 0.106 e. The largest absolute Gasteiger partial charge is 0.495 e. The number of hydrogen-bond acceptors (Lipinski definition) is 1. The van der Waals surface area contributed by atoms with E-state index in [0.29, 0.717) is 6.61 Å². The van der Waals surface area contributed by atoms with Crippen LogP contribution in [0.4, 0.5) is 0 Å². The molecule has 0 bridgehead atoms. The van der Waals surface area contributed by atoms with Gasteiger partial charge in [-0.15, -0.1) is 0 Å². The fourth-order valence-electron chi connectivity index (χ4n) is 0.998.